The van der Waals surface area contributed by atoms with Gasteiger partial charge in [0.2, 0.25) is 11.9 Å². The van der Waals surface area contributed by atoms with Crippen molar-refractivity contribution >= 4 is 34.5 Å². The molecule has 0 aliphatic heterocycles. The number of hydrogen-bond acceptors (Lipinski definition) is 5. The first-order chi connectivity index (χ1) is 11.1. The highest BCUT2D eigenvalue weighted by Gasteiger charge is 2.11. The zero-order valence-electron chi connectivity index (χ0n) is 11.7. The number of nitrogens with one attached hydrogen (secondary N) is 2. The Balaban J connectivity index is 2.15. The third-order valence-corrected chi connectivity index (χ3v) is 3.34. The summed E-state index contributed by atoms with van der Waals surface area (Å²) in [6, 6.07) is 6.97. The number of halogens is 1. The average molecular weight is 328 g/mol. The molecule has 0 aliphatic carbocycles. The lowest BCUT2D eigenvalue weighted by Crippen LogP contribution is -2.14. The molecule has 0 fully saturated rings. The van der Waals surface area contributed by atoms with Gasteiger partial charge in [-0.3, -0.25) is 14.9 Å². The molecule has 0 radical (unpaired) electrons. The van der Waals surface area contributed by atoms with E-state index in [9.17, 15) is 9.59 Å². The second-order valence-corrected chi connectivity index (χ2v) is 4.93. The van der Waals surface area contributed by atoms with Crippen molar-refractivity contribution in [3.05, 3.63) is 58.5 Å². The Bertz CT molecular complexity index is 983. The Morgan fingerprint density at radius 3 is 2.83 bits per heavy atom. The summed E-state index contributed by atoms with van der Waals surface area (Å²) < 4.78 is 0. The second-order valence-electron chi connectivity index (χ2n) is 4.52. The lowest BCUT2D eigenvalue weighted by atomic mass is 10.2. The molecule has 1 aromatic carbocycles. The highest BCUT2D eigenvalue weighted by atomic mass is 35.5. The summed E-state index contributed by atoms with van der Waals surface area (Å²) in [6.07, 6.45) is 2.39. The number of carbonyl (C=O) groups excluding carboxylic acids is 1. The van der Waals surface area contributed by atoms with E-state index in [2.05, 4.69) is 31.8 Å². The van der Waals surface area contributed by atoms with E-state index < -0.39 is 11.5 Å². The van der Waals surface area contributed by atoms with E-state index in [-0.39, 0.29) is 22.8 Å². The summed E-state index contributed by atoms with van der Waals surface area (Å²) in [4.78, 5) is 38.4. The molecule has 8 heteroatoms. The van der Waals surface area contributed by atoms with E-state index in [1.807, 2.05) is 0 Å². The van der Waals surface area contributed by atoms with Gasteiger partial charge in [0.15, 0.2) is 5.65 Å². The van der Waals surface area contributed by atoms with Crippen LogP contribution in [0, 0.1) is 0 Å². The van der Waals surface area contributed by atoms with Crippen LogP contribution in [0.15, 0.2) is 47.9 Å². The van der Waals surface area contributed by atoms with Crippen molar-refractivity contribution in [1.29, 1.82) is 0 Å². The maximum absolute atomic E-state index is 12.2. The van der Waals surface area contributed by atoms with Crippen molar-refractivity contribution in [2.45, 2.75) is 0 Å². The van der Waals surface area contributed by atoms with Crippen molar-refractivity contribution in [1.82, 2.24) is 19.9 Å². The second kappa shape index (κ2) is 5.98. The third kappa shape index (κ3) is 2.95. The SMILES string of the molecule is C=CC(=O)Nc1ncc2c(=O)[nH]c(-c3ccccc3Cl)nc2n1. The smallest absolute Gasteiger partial charge is 0.262 e. The summed E-state index contributed by atoms with van der Waals surface area (Å²) in [5.74, 6) is -0.140. The number of rotatable bonds is 3. The molecule has 2 heterocycles. The van der Waals surface area contributed by atoms with Crippen LogP contribution in [0.4, 0.5) is 5.95 Å². The topological polar surface area (TPSA) is 101 Å². The lowest BCUT2D eigenvalue weighted by Gasteiger charge is -2.05. The molecule has 23 heavy (non-hydrogen) atoms. The molecule has 3 rings (SSSR count). The van der Waals surface area contributed by atoms with Crippen molar-refractivity contribution < 1.29 is 4.79 Å². The van der Waals surface area contributed by atoms with E-state index in [1.165, 1.54) is 6.20 Å². The minimum absolute atomic E-state index is 0.0330. The number of nitrogens with zero attached hydrogens (tertiary/aromatic N) is 3. The molecule has 0 aliphatic rings. The number of amides is 1. The molecule has 0 bridgehead atoms. The molecule has 0 atom stereocenters. The van der Waals surface area contributed by atoms with Crippen LogP contribution in [-0.4, -0.2) is 25.8 Å². The molecule has 2 N–H and O–H groups in total. The van der Waals surface area contributed by atoms with Gasteiger partial charge in [0.1, 0.15) is 11.2 Å². The molecule has 3 aromatic rings. The van der Waals surface area contributed by atoms with Crippen molar-refractivity contribution in [2.24, 2.45) is 0 Å². The van der Waals surface area contributed by atoms with Crippen LogP contribution >= 0.6 is 11.6 Å². The summed E-state index contributed by atoms with van der Waals surface area (Å²) in [7, 11) is 0. The Hall–Kier alpha value is -3.06. The Kier molecular flexibility index (Phi) is 3.86. The van der Waals surface area contributed by atoms with E-state index in [0.717, 1.165) is 6.08 Å². The molecule has 114 valence electrons. The monoisotopic (exact) mass is 327 g/mol. The van der Waals surface area contributed by atoms with Gasteiger partial charge in [-0.1, -0.05) is 30.3 Å². The first-order valence-electron chi connectivity index (χ1n) is 6.54. The summed E-state index contributed by atoms with van der Waals surface area (Å²) in [5.41, 5.74) is 0.327. The molecular formula is C15H10ClN5O2. The predicted octanol–water partition coefficient (Wildman–Crippen LogP) is 2.16. The standard InChI is InChI=1S/C15H10ClN5O2/c1-2-11(22)18-15-17-7-9-13(21-15)19-12(20-14(9)23)8-5-3-4-6-10(8)16/h2-7H,1H2,(H2,17,18,19,20,21,22,23). The van der Waals surface area contributed by atoms with E-state index >= 15 is 0 Å². The van der Waals surface area contributed by atoms with Gasteiger partial charge in [0.25, 0.3) is 5.56 Å². The van der Waals surface area contributed by atoms with Crippen LogP contribution in [0.2, 0.25) is 5.02 Å². The fourth-order valence-corrected chi connectivity index (χ4v) is 2.15. The third-order valence-electron chi connectivity index (χ3n) is 3.01. The summed E-state index contributed by atoms with van der Waals surface area (Å²) in [6.45, 7) is 3.34. The van der Waals surface area contributed by atoms with E-state index in [1.54, 1.807) is 24.3 Å². The van der Waals surface area contributed by atoms with Crippen molar-refractivity contribution in [3.8, 4) is 11.4 Å². The highest BCUT2D eigenvalue weighted by Crippen LogP contribution is 2.24. The van der Waals surface area contributed by atoms with Crippen LogP contribution in [0.3, 0.4) is 0 Å². The number of anilines is 1. The minimum atomic E-state index is -0.458. The number of fused-ring (bicyclic) bond motifs is 1. The Morgan fingerprint density at radius 1 is 1.30 bits per heavy atom. The number of benzene rings is 1. The maximum atomic E-state index is 12.2. The number of hydrogen-bond donors (Lipinski definition) is 2. The van der Waals surface area contributed by atoms with Crippen LogP contribution < -0.4 is 10.9 Å². The Morgan fingerprint density at radius 2 is 2.09 bits per heavy atom. The molecule has 0 spiro atoms. The van der Waals surface area contributed by atoms with Crippen LogP contribution in [0.25, 0.3) is 22.4 Å². The summed E-state index contributed by atoms with van der Waals surface area (Å²) in [5, 5.41) is 3.07. The van der Waals surface area contributed by atoms with E-state index in [0.29, 0.717) is 10.6 Å². The Labute approximate surface area is 135 Å². The number of aromatic nitrogens is 4. The molecular weight excluding hydrogens is 318 g/mol. The average Bonchev–Trinajstić information content (AvgIpc) is 2.54. The largest absolute Gasteiger partial charge is 0.306 e. The van der Waals surface area contributed by atoms with Gasteiger partial charge in [-0.25, -0.2) is 9.97 Å². The van der Waals surface area contributed by atoms with Crippen LogP contribution in [0.1, 0.15) is 0 Å². The molecule has 7 nitrogen and oxygen atoms in total. The van der Waals surface area contributed by atoms with Crippen molar-refractivity contribution in [2.75, 3.05) is 5.32 Å². The minimum Gasteiger partial charge on any atom is -0.306 e. The number of carbonyl (C=O) groups is 1. The molecule has 0 saturated carbocycles. The first kappa shape index (κ1) is 14.9. The van der Waals surface area contributed by atoms with Gasteiger partial charge in [0.05, 0.1) is 5.02 Å². The van der Waals surface area contributed by atoms with Gasteiger partial charge in [-0.05, 0) is 18.2 Å². The predicted molar refractivity (Wildman–Crippen MR) is 87.2 cm³/mol. The van der Waals surface area contributed by atoms with Gasteiger partial charge in [-0.2, -0.15) is 4.98 Å². The van der Waals surface area contributed by atoms with Gasteiger partial charge in [-0.15, -0.1) is 0 Å². The van der Waals surface area contributed by atoms with Gasteiger partial charge >= 0.3 is 0 Å². The quantitative estimate of drug-likeness (QED) is 0.718. The number of H-pyrrole nitrogens is 1. The molecule has 1 amide bonds. The van der Waals surface area contributed by atoms with Crippen LogP contribution in [0.5, 0.6) is 0 Å². The maximum Gasteiger partial charge on any atom is 0.262 e. The van der Waals surface area contributed by atoms with Crippen LogP contribution in [-0.2, 0) is 4.79 Å². The zero-order valence-corrected chi connectivity index (χ0v) is 12.5. The molecule has 0 saturated heterocycles. The molecule has 2 aromatic heterocycles. The fraction of sp³-hybridized carbons (Fsp3) is 0. The highest BCUT2D eigenvalue weighted by molar-refractivity contribution is 6.33. The fourth-order valence-electron chi connectivity index (χ4n) is 1.93. The number of aromatic amines is 1. The molecule has 0 unspecified atom stereocenters. The first-order valence-corrected chi connectivity index (χ1v) is 6.91. The van der Waals surface area contributed by atoms with E-state index in [4.69, 9.17) is 11.6 Å². The van der Waals surface area contributed by atoms with Crippen molar-refractivity contribution in [3.63, 3.8) is 0 Å². The lowest BCUT2D eigenvalue weighted by molar-refractivity contribution is -0.111. The summed E-state index contributed by atoms with van der Waals surface area (Å²) >= 11 is 6.12. The van der Waals surface area contributed by atoms with Gasteiger partial charge in [0, 0.05) is 11.8 Å². The normalized spacial score (nSPS) is 10.5. The zero-order chi connectivity index (χ0) is 16.4. The van der Waals surface area contributed by atoms with Gasteiger partial charge < -0.3 is 4.98 Å².